The molecular formula is C20H20F2N2O2. The number of alkyl halides is 2. The van der Waals surface area contributed by atoms with Gasteiger partial charge in [0.05, 0.1) is 12.0 Å². The van der Waals surface area contributed by atoms with E-state index in [2.05, 4.69) is 5.32 Å². The number of hydrogen-bond donors (Lipinski definition) is 1. The summed E-state index contributed by atoms with van der Waals surface area (Å²) in [5, 5.41) is 2.23. The van der Waals surface area contributed by atoms with Crippen molar-refractivity contribution in [2.45, 2.75) is 24.7 Å². The summed E-state index contributed by atoms with van der Waals surface area (Å²) in [4.78, 5) is 27.0. The molecule has 0 spiro atoms. The van der Waals surface area contributed by atoms with Crippen molar-refractivity contribution >= 4 is 17.5 Å². The fourth-order valence-corrected chi connectivity index (χ4v) is 3.59. The Labute approximate surface area is 150 Å². The minimum Gasteiger partial charge on any atom is -0.350 e. The van der Waals surface area contributed by atoms with Crippen molar-refractivity contribution in [2.75, 3.05) is 18.5 Å². The van der Waals surface area contributed by atoms with E-state index < -0.39 is 24.3 Å². The maximum atomic E-state index is 13.2. The Bertz CT molecular complexity index is 810. The molecule has 1 aliphatic heterocycles. The summed E-state index contributed by atoms with van der Waals surface area (Å²) in [5.74, 6) is -0.755. The number of fused-ring (bicyclic) bond motifs is 1. The Hall–Kier alpha value is -2.76. The van der Waals surface area contributed by atoms with Gasteiger partial charge in [0, 0.05) is 19.2 Å². The second-order valence-corrected chi connectivity index (χ2v) is 6.50. The van der Waals surface area contributed by atoms with Crippen LogP contribution in [0.25, 0.3) is 0 Å². The number of hydrogen-bond acceptors (Lipinski definition) is 2. The van der Waals surface area contributed by atoms with Gasteiger partial charge in [0.15, 0.2) is 0 Å². The van der Waals surface area contributed by atoms with Crippen LogP contribution in [0.4, 0.5) is 14.5 Å². The fourth-order valence-electron chi connectivity index (χ4n) is 3.59. The number of nitrogens with one attached hydrogen (secondary N) is 1. The molecular weight excluding hydrogens is 338 g/mol. The van der Waals surface area contributed by atoms with Gasteiger partial charge in [-0.2, -0.15) is 0 Å². The van der Waals surface area contributed by atoms with Gasteiger partial charge in [-0.3, -0.25) is 9.59 Å². The predicted octanol–water partition coefficient (Wildman–Crippen LogP) is 2.91. The van der Waals surface area contributed by atoms with Gasteiger partial charge in [-0.15, -0.1) is 0 Å². The van der Waals surface area contributed by atoms with Crippen LogP contribution in [0.5, 0.6) is 0 Å². The van der Waals surface area contributed by atoms with Crippen LogP contribution in [0.15, 0.2) is 54.6 Å². The van der Waals surface area contributed by atoms with E-state index in [0.717, 1.165) is 16.8 Å². The molecule has 26 heavy (non-hydrogen) atoms. The zero-order chi connectivity index (χ0) is 18.7. The molecule has 1 N–H and O–H groups in total. The Morgan fingerprint density at radius 1 is 1.12 bits per heavy atom. The molecule has 1 atom stereocenters. The van der Waals surface area contributed by atoms with E-state index in [1.54, 1.807) is 11.9 Å². The molecule has 0 saturated heterocycles. The standard InChI is InChI=1S/C20H20F2N2O2/c1-24-16-10-6-5-9-15(16)20(19(24)26,11-14-7-3-2-4-8-14)12-18(25)23-13-17(21)22/h2-10,17H,11-13H2,1H3,(H,23,25)/t20-/m1/s1. The first-order valence-corrected chi connectivity index (χ1v) is 8.40. The summed E-state index contributed by atoms with van der Waals surface area (Å²) in [6.45, 7) is -0.716. The lowest BCUT2D eigenvalue weighted by molar-refractivity contribution is -0.129. The summed E-state index contributed by atoms with van der Waals surface area (Å²) in [6.07, 6.45) is -2.47. The number of amides is 2. The Balaban J connectivity index is 2.00. The van der Waals surface area contributed by atoms with Crippen LogP contribution in [0, 0.1) is 0 Å². The Morgan fingerprint density at radius 3 is 2.46 bits per heavy atom. The van der Waals surface area contributed by atoms with Crippen LogP contribution >= 0.6 is 0 Å². The summed E-state index contributed by atoms with van der Waals surface area (Å²) in [5.41, 5.74) is 1.31. The van der Waals surface area contributed by atoms with E-state index in [4.69, 9.17) is 0 Å². The van der Waals surface area contributed by atoms with Gasteiger partial charge in [-0.1, -0.05) is 48.5 Å². The van der Waals surface area contributed by atoms with Gasteiger partial charge < -0.3 is 10.2 Å². The molecule has 0 radical (unpaired) electrons. The lowest BCUT2D eigenvalue weighted by Gasteiger charge is -2.28. The fraction of sp³-hybridized carbons (Fsp3) is 0.300. The Kier molecular flexibility index (Phi) is 5.02. The molecule has 2 amide bonds. The maximum Gasteiger partial charge on any atom is 0.255 e. The van der Waals surface area contributed by atoms with Gasteiger partial charge in [-0.25, -0.2) is 8.78 Å². The number of nitrogens with zero attached hydrogens (tertiary/aromatic N) is 1. The molecule has 2 aromatic carbocycles. The van der Waals surface area contributed by atoms with Gasteiger partial charge in [0.1, 0.15) is 0 Å². The van der Waals surface area contributed by atoms with E-state index >= 15 is 0 Å². The summed E-state index contributed by atoms with van der Waals surface area (Å²) in [7, 11) is 1.67. The molecule has 1 heterocycles. The average Bonchev–Trinajstić information content (AvgIpc) is 2.84. The molecule has 2 aromatic rings. The van der Waals surface area contributed by atoms with E-state index in [9.17, 15) is 18.4 Å². The van der Waals surface area contributed by atoms with Crippen LogP contribution in [-0.2, 0) is 21.4 Å². The van der Waals surface area contributed by atoms with Gasteiger partial charge in [0.2, 0.25) is 11.8 Å². The number of para-hydroxylation sites is 1. The lowest BCUT2D eigenvalue weighted by Crippen LogP contribution is -2.45. The molecule has 4 nitrogen and oxygen atoms in total. The largest absolute Gasteiger partial charge is 0.350 e. The first-order chi connectivity index (χ1) is 12.4. The number of benzene rings is 2. The highest BCUT2D eigenvalue weighted by atomic mass is 19.3. The summed E-state index contributed by atoms with van der Waals surface area (Å²) >= 11 is 0. The molecule has 3 rings (SSSR count). The highest BCUT2D eigenvalue weighted by Crippen LogP contribution is 2.45. The maximum absolute atomic E-state index is 13.2. The summed E-state index contributed by atoms with van der Waals surface area (Å²) in [6, 6.07) is 16.7. The van der Waals surface area contributed by atoms with Crippen molar-refractivity contribution in [3.8, 4) is 0 Å². The molecule has 0 aromatic heterocycles. The third-order valence-corrected chi connectivity index (χ3v) is 4.76. The van der Waals surface area contributed by atoms with Crippen LogP contribution in [0.3, 0.4) is 0 Å². The number of rotatable bonds is 6. The molecule has 0 fully saturated rings. The molecule has 6 heteroatoms. The number of carbonyl (C=O) groups is 2. The lowest BCUT2D eigenvalue weighted by atomic mass is 9.73. The van der Waals surface area contributed by atoms with Crippen LogP contribution in [0.2, 0.25) is 0 Å². The predicted molar refractivity (Wildman–Crippen MR) is 95.3 cm³/mol. The molecule has 136 valence electrons. The molecule has 0 aliphatic carbocycles. The Morgan fingerprint density at radius 2 is 1.77 bits per heavy atom. The van der Waals surface area contributed by atoms with Gasteiger partial charge in [-0.05, 0) is 23.6 Å². The minimum absolute atomic E-state index is 0.172. The van der Waals surface area contributed by atoms with Crippen LogP contribution < -0.4 is 10.2 Å². The minimum atomic E-state index is -2.63. The highest BCUT2D eigenvalue weighted by molar-refractivity contribution is 6.09. The smallest absolute Gasteiger partial charge is 0.255 e. The van der Waals surface area contributed by atoms with Crippen molar-refractivity contribution in [1.82, 2.24) is 5.32 Å². The quantitative estimate of drug-likeness (QED) is 0.863. The normalized spacial score (nSPS) is 18.9. The van der Waals surface area contributed by atoms with Crippen molar-refractivity contribution < 1.29 is 18.4 Å². The van der Waals surface area contributed by atoms with E-state index in [0.29, 0.717) is 6.42 Å². The highest BCUT2D eigenvalue weighted by Gasteiger charge is 2.50. The van der Waals surface area contributed by atoms with E-state index in [1.807, 2.05) is 54.6 Å². The second kappa shape index (κ2) is 7.23. The number of anilines is 1. The van der Waals surface area contributed by atoms with Crippen molar-refractivity contribution in [3.63, 3.8) is 0 Å². The number of likely N-dealkylation sites (N-methyl/N-ethyl adjacent to an activating group) is 1. The van der Waals surface area contributed by atoms with Crippen molar-refractivity contribution in [3.05, 3.63) is 65.7 Å². The zero-order valence-electron chi connectivity index (χ0n) is 14.4. The van der Waals surface area contributed by atoms with Crippen molar-refractivity contribution in [1.29, 1.82) is 0 Å². The van der Waals surface area contributed by atoms with Crippen LogP contribution in [-0.4, -0.2) is 31.8 Å². The van der Waals surface area contributed by atoms with Gasteiger partial charge >= 0.3 is 0 Å². The van der Waals surface area contributed by atoms with E-state index in [-0.39, 0.29) is 12.3 Å². The molecule has 0 bridgehead atoms. The summed E-state index contributed by atoms with van der Waals surface area (Å²) < 4.78 is 24.9. The molecule has 0 unspecified atom stereocenters. The molecule has 0 saturated carbocycles. The van der Waals surface area contributed by atoms with E-state index in [1.165, 1.54) is 0 Å². The zero-order valence-corrected chi connectivity index (χ0v) is 14.4. The van der Waals surface area contributed by atoms with Gasteiger partial charge in [0.25, 0.3) is 6.43 Å². The number of carbonyl (C=O) groups excluding carboxylic acids is 2. The monoisotopic (exact) mass is 358 g/mol. The average molecular weight is 358 g/mol. The first-order valence-electron chi connectivity index (χ1n) is 8.40. The SMILES string of the molecule is CN1C(=O)[C@@](CC(=O)NCC(F)F)(Cc2ccccc2)c2ccccc21. The third-order valence-electron chi connectivity index (χ3n) is 4.76. The van der Waals surface area contributed by atoms with Crippen LogP contribution in [0.1, 0.15) is 17.5 Å². The third kappa shape index (κ3) is 3.31. The molecule has 1 aliphatic rings. The topological polar surface area (TPSA) is 49.4 Å². The first kappa shape index (κ1) is 18.0. The number of halogens is 2. The second-order valence-electron chi connectivity index (χ2n) is 6.50. The van der Waals surface area contributed by atoms with Crippen molar-refractivity contribution in [2.24, 2.45) is 0 Å².